The molecule has 1 fully saturated rings. The van der Waals surface area contributed by atoms with Crippen molar-refractivity contribution in [2.45, 2.75) is 106 Å². The van der Waals surface area contributed by atoms with E-state index in [1.165, 1.54) is 22.3 Å². The Balaban J connectivity index is 2.06. The average molecular weight is 520 g/mol. The van der Waals surface area contributed by atoms with Gasteiger partial charge in [0.1, 0.15) is 5.60 Å². The van der Waals surface area contributed by atoms with Crippen LogP contribution in [0.25, 0.3) is 11.1 Å². The van der Waals surface area contributed by atoms with Crippen molar-refractivity contribution in [1.82, 2.24) is 15.2 Å². The van der Waals surface area contributed by atoms with E-state index in [-0.39, 0.29) is 12.1 Å². The third kappa shape index (κ3) is 7.18. The SMILES string of the molecule is C=C(NCCc1cc(-c2cnc(C)c(C(C)CC)c2)cc(C2CCCN2C(=O)OC(C)(C)C)c1C)C(C)C. The molecule has 2 unspecified atom stereocenters. The first-order valence-electron chi connectivity index (χ1n) is 14.3. The number of ether oxygens (including phenoxy) is 1. The standard InChI is InChI=1S/C33H49N3O2/c1-11-22(4)29-19-28(20-35-25(29)7)27-17-26(14-15-34-24(6)21(2)3)23(5)30(18-27)31-13-12-16-36(31)32(37)38-33(8,9)10/h17-22,31,34H,6,11-16H2,1-5,7-10H3. The van der Waals surface area contributed by atoms with Gasteiger partial charge in [0.15, 0.2) is 0 Å². The van der Waals surface area contributed by atoms with Gasteiger partial charge in [-0.3, -0.25) is 4.98 Å². The van der Waals surface area contributed by atoms with Gasteiger partial charge in [-0.1, -0.05) is 40.3 Å². The molecule has 2 atom stereocenters. The molecule has 1 aromatic carbocycles. The number of aromatic nitrogens is 1. The summed E-state index contributed by atoms with van der Waals surface area (Å²) in [5, 5.41) is 3.51. The van der Waals surface area contributed by atoms with E-state index in [0.717, 1.165) is 61.3 Å². The van der Waals surface area contributed by atoms with Gasteiger partial charge in [0.05, 0.1) is 6.04 Å². The van der Waals surface area contributed by atoms with Crippen LogP contribution in [0.4, 0.5) is 4.79 Å². The highest BCUT2D eigenvalue weighted by Gasteiger charge is 2.34. The first kappa shape index (κ1) is 29.7. The second-order valence-electron chi connectivity index (χ2n) is 12.2. The molecule has 3 rings (SSSR count). The molecule has 2 heterocycles. The van der Waals surface area contributed by atoms with E-state index in [1.807, 2.05) is 31.9 Å². The van der Waals surface area contributed by atoms with E-state index in [9.17, 15) is 4.79 Å². The van der Waals surface area contributed by atoms with Gasteiger partial charge in [-0.2, -0.15) is 0 Å². The van der Waals surface area contributed by atoms with Gasteiger partial charge in [-0.15, -0.1) is 0 Å². The molecule has 1 amide bonds. The van der Waals surface area contributed by atoms with Crippen LogP contribution in [0.2, 0.25) is 0 Å². The molecule has 1 saturated heterocycles. The van der Waals surface area contributed by atoms with Gasteiger partial charge in [0.25, 0.3) is 0 Å². The Bertz CT molecular complexity index is 1150. The van der Waals surface area contributed by atoms with Crippen molar-refractivity contribution in [2.24, 2.45) is 5.92 Å². The van der Waals surface area contributed by atoms with E-state index < -0.39 is 5.60 Å². The largest absolute Gasteiger partial charge is 0.444 e. The molecule has 1 aliphatic heterocycles. The van der Waals surface area contributed by atoms with Gasteiger partial charge >= 0.3 is 6.09 Å². The summed E-state index contributed by atoms with van der Waals surface area (Å²) in [6, 6.07) is 6.93. The lowest BCUT2D eigenvalue weighted by Gasteiger charge is -2.30. The van der Waals surface area contributed by atoms with E-state index >= 15 is 0 Å². The molecule has 1 aliphatic rings. The number of hydrogen-bond donors (Lipinski definition) is 1. The fourth-order valence-electron chi connectivity index (χ4n) is 5.19. The molecule has 5 nitrogen and oxygen atoms in total. The summed E-state index contributed by atoms with van der Waals surface area (Å²) in [7, 11) is 0. The second kappa shape index (κ2) is 12.4. The number of carbonyl (C=O) groups is 1. The van der Waals surface area contributed by atoms with E-state index in [0.29, 0.717) is 11.8 Å². The molecule has 208 valence electrons. The Morgan fingerprint density at radius 3 is 2.53 bits per heavy atom. The zero-order valence-electron chi connectivity index (χ0n) is 25.2. The fourth-order valence-corrected chi connectivity index (χ4v) is 5.19. The molecule has 1 aromatic heterocycles. The Labute approximate surface area is 231 Å². The quantitative estimate of drug-likeness (QED) is 0.362. The first-order chi connectivity index (χ1) is 17.8. The highest BCUT2D eigenvalue weighted by Crippen LogP contribution is 2.39. The number of likely N-dealkylation sites (tertiary alicyclic amines) is 1. The molecule has 0 bridgehead atoms. The summed E-state index contributed by atoms with van der Waals surface area (Å²) < 4.78 is 5.80. The van der Waals surface area contributed by atoms with E-state index in [4.69, 9.17) is 9.72 Å². The van der Waals surface area contributed by atoms with Gasteiger partial charge < -0.3 is 15.0 Å². The second-order valence-corrected chi connectivity index (χ2v) is 12.2. The number of pyridine rings is 1. The zero-order valence-corrected chi connectivity index (χ0v) is 25.2. The van der Waals surface area contributed by atoms with Crippen molar-refractivity contribution < 1.29 is 9.53 Å². The summed E-state index contributed by atoms with van der Waals surface area (Å²) in [5.41, 5.74) is 9.01. The third-order valence-corrected chi connectivity index (χ3v) is 7.84. The maximum absolute atomic E-state index is 13.2. The fraction of sp³-hybridized carbons (Fsp3) is 0.576. The van der Waals surface area contributed by atoms with Crippen LogP contribution >= 0.6 is 0 Å². The van der Waals surface area contributed by atoms with Crippen LogP contribution < -0.4 is 5.32 Å². The molecule has 38 heavy (non-hydrogen) atoms. The zero-order chi connectivity index (χ0) is 28.2. The molecule has 0 radical (unpaired) electrons. The van der Waals surface area contributed by atoms with E-state index in [2.05, 4.69) is 71.6 Å². The molecule has 0 spiro atoms. The van der Waals surface area contributed by atoms with Gasteiger partial charge in [0, 0.05) is 36.2 Å². The number of allylic oxidation sites excluding steroid dienone is 1. The van der Waals surface area contributed by atoms with Crippen LogP contribution in [0.5, 0.6) is 0 Å². The molecule has 0 saturated carbocycles. The van der Waals surface area contributed by atoms with Crippen molar-refractivity contribution in [1.29, 1.82) is 0 Å². The van der Waals surface area contributed by atoms with Gasteiger partial charge in [0.2, 0.25) is 0 Å². The lowest BCUT2D eigenvalue weighted by atomic mass is 9.88. The minimum Gasteiger partial charge on any atom is -0.444 e. The Hall–Kier alpha value is -2.82. The molecule has 0 aliphatic carbocycles. The number of nitrogens with zero attached hydrogens (tertiary/aromatic N) is 2. The number of nitrogens with one attached hydrogen (secondary N) is 1. The molecule has 1 N–H and O–H groups in total. The number of amides is 1. The number of aryl methyl sites for hydroxylation is 1. The molecule has 5 heteroatoms. The van der Waals surface area contributed by atoms with Crippen molar-refractivity contribution in [3.05, 3.63) is 64.6 Å². The molecule has 2 aromatic rings. The monoisotopic (exact) mass is 519 g/mol. The maximum Gasteiger partial charge on any atom is 0.410 e. The average Bonchev–Trinajstić information content (AvgIpc) is 3.33. The lowest BCUT2D eigenvalue weighted by molar-refractivity contribution is 0.0224. The van der Waals surface area contributed by atoms with Crippen molar-refractivity contribution in [3.63, 3.8) is 0 Å². The van der Waals surface area contributed by atoms with Crippen LogP contribution in [-0.2, 0) is 11.2 Å². The molecular formula is C33H49N3O2. The third-order valence-electron chi connectivity index (χ3n) is 7.84. The predicted molar refractivity (Wildman–Crippen MR) is 158 cm³/mol. The van der Waals surface area contributed by atoms with Crippen molar-refractivity contribution >= 4 is 6.09 Å². The number of rotatable bonds is 9. The number of hydrogen-bond acceptors (Lipinski definition) is 4. The van der Waals surface area contributed by atoms with Crippen LogP contribution in [0.3, 0.4) is 0 Å². The normalized spacial score (nSPS) is 16.6. The van der Waals surface area contributed by atoms with E-state index in [1.54, 1.807) is 0 Å². The summed E-state index contributed by atoms with van der Waals surface area (Å²) in [6.07, 6.45) is 5.65. The minimum absolute atomic E-state index is 0.00887. The van der Waals surface area contributed by atoms with Crippen LogP contribution in [0, 0.1) is 19.8 Å². The highest BCUT2D eigenvalue weighted by molar-refractivity contribution is 5.71. The maximum atomic E-state index is 13.2. The molecular weight excluding hydrogens is 470 g/mol. The first-order valence-corrected chi connectivity index (χ1v) is 14.3. The van der Waals surface area contributed by atoms with Crippen molar-refractivity contribution in [3.8, 4) is 11.1 Å². The van der Waals surface area contributed by atoms with Crippen LogP contribution in [-0.4, -0.2) is 34.7 Å². The summed E-state index contributed by atoms with van der Waals surface area (Å²) in [4.78, 5) is 19.9. The van der Waals surface area contributed by atoms with Crippen LogP contribution in [0.1, 0.15) is 108 Å². The van der Waals surface area contributed by atoms with Crippen LogP contribution in [0.15, 0.2) is 36.7 Å². The number of carbonyl (C=O) groups excluding carboxylic acids is 1. The highest BCUT2D eigenvalue weighted by atomic mass is 16.6. The Morgan fingerprint density at radius 2 is 1.89 bits per heavy atom. The van der Waals surface area contributed by atoms with Gasteiger partial charge in [-0.25, -0.2) is 4.79 Å². The summed E-state index contributed by atoms with van der Waals surface area (Å²) in [6.45, 7) is 24.6. The topological polar surface area (TPSA) is 54.5 Å². The Morgan fingerprint density at radius 1 is 1.18 bits per heavy atom. The Kier molecular flexibility index (Phi) is 9.67. The summed E-state index contributed by atoms with van der Waals surface area (Å²) in [5.74, 6) is 0.854. The summed E-state index contributed by atoms with van der Waals surface area (Å²) >= 11 is 0. The lowest BCUT2D eigenvalue weighted by Crippen LogP contribution is -2.36. The van der Waals surface area contributed by atoms with Gasteiger partial charge in [-0.05, 0) is 112 Å². The smallest absolute Gasteiger partial charge is 0.410 e. The van der Waals surface area contributed by atoms with Crippen molar-refractivity contribution in [2.75, 3.05) is 13.1 Å². The number of benzene rings is 1. The minimum atomic E-state index is -0.517. The predicted octanol–water partition coefficient (Wildman–Crippen LogP) is 8.25.